The van der Waals surface area contributed by atoms with Crippen LogP contribution in [0.3, 0.4) is 0 Å². The van der Waals surface area contributed by atoms with Crippen LogP contribution in [0.15, 0.2) is 29.5 Å². The summed E-state index contributed by atoms with van der Waals surface area (Å²) in [6.45, 7) is 7.23. The largest absolute Gasteiger partial charge is 0.493 e. The molecule has 154 valence electrons. The fourth-order valence-corrected chi connectivity index (χ4v) is 2.74. The van der Waals surface area contributed by atoms with Gasteiger partial charge in [0.15, 0.2) is 17.5 Å². The number of hydrogen-bond acceptors (Lipinski definition) is 5. The summed E-state index contributed by atoms with van der Waals surface area (Å²) in [5.41, 5.74) is 1.06. The van der Waals surface area contributed by atoms with Crippen LogP contribution in [0.2, 0.25) is 0 Å². The maximum absolute atomic E-state index is 5.37. The van der Waals surface area contributed by atoms with Crippen LogP contribution < -0.4 is 20.1 Å². The predicted molar refractivity (Wildman–Crippen MR) is 111 cm³/mol. The normalized spacial score (nSPS) is 11.4. The highest BCUT2D eigenvalue weighted by Gasteiger charge is 2.06. The van der Waals surface area contributed by atoms with Gasteiger partial charge in [0.05, 0.1) is 20.8 Å². The number of hydrogen-bond donors (Lipinski definition) is 2. The molecule has 1 aromatic carbocycles. The predicted octanol–water partition coefficient (Wildman–Crippen LogP) is 2.39. The Balaban J connectivity index is 1.98. The first-order valence-electron chi connectivity index (χ1n) is 9.81. The van der Waals surface area contributed by atoms with E-state index in [2.05, 4.69) is 39.2 Å². The molecular weight excluding hydrogens is 356 g/mol. The highest BCUT2D eigenvalue weighted by atomic mass is 16.5. The highest BCUT2D eigenvalue weighted by Crippen LogP contribution is 2.27. The number of guanidine groups is 1. The quantitative estimate of drug-likeness (QED) is 0.349. The van der Waals surface area contributed by atoms with Crippen LogP contribution in [-0.2, 0) is 19.5 Å². The second-order valence-corrected chi connectivity index (χ2v) is 6.36. The second-order valence-electron chi connectivity index (χ2n) is 6.36. The molecule has 8 nitrogen and oxygen atoms in total. The first kappa shape index (κ1) is 21.5. The van der Waals surface area contributed by atoms with E-state index < -0.39 is 0 Å². The molecule has 0 bridgehead atoms. The third-order valence-corrected chi connectivity index (χ3v) is 4.35. The summed E-state index contributed by atoms with van der Waals surface area (Å²) >= 11 is 0. The van der Waals surface area contributed by atoms with Gasteiger partial charge in [-0.1, -0.05) is 26.3 Å². The van der Waals surface area contributed by atoms with Crippen LogP contribution in [0.5, 0.6) is 11.5 Å². The summed E-state index contributed by atoms with van der Waals surface area (Å²) in [6, 6.07) is 5.86. The SMILES string of the molecule is CCCCNC(=NCc1ccc(OC)c(OC)c1)NCCn1cnnc1CC. The smallest absolute Gasteiger partial charge is 0.191 e. The lowest BCUT2D eigenvalue weighted by atomic mass is 10.2. The number of rotatable bonds is 11. The van der Waals surface area contributed by atoms with E-state index in [0.717, 1.165) is 62.0 Å². The molecule has 0 aliphatic rings. The van der Waals surface area contributed by atoms with Crippen LogP contribution in [0.1, 0.15) is 38.1 Å². The first-order chi connectivity index (χ1) is 13.7. The van der Waals surface area contributed by atoms with Gasteiger partial charge in [0.1, 0.15) is 12.2 Å². The minimum absolute atomic E-state index is 0.550. The molecule has 2 rings (SSSR count). The third kappa shape index (κ3) is 6.44. The van der Waals surface area contributed by atoms with Crippen LogP contribution in [0, 0.1) is 0 Å². The lowest BCUT2D eigenvalue weighted by Crippen LogP contribution is -2.39. The molecule has 0 saturated heterocycles. The van der Waals surface area contributed by atoms with E-state index in [1.54, 1.807) is 20.5 Å². The zero-order valence-electron chi connectivity index (χ0n) is 17.4. The Bertz CT molecular complexity index is 744. The fourth-order valence-electron chi connectivity index (χ4n) is 2.74. The monoisotopic (exact) mass is 388 g/mol. The summed E-state index contributed by atoms with van der Waals surface area (Å²) in [7, 11) is 3.27. The van der Waals surface area contributed by atoms with Crippen LogP contribution in [-0.4, -0.2) is 48.0 Å². The molecule has 2 N–H and O–H groups in total. The number of nitrogens with zero attached hydrogens (tertiary/aromatic N) is 4. The molecule has 0 atom stereocenters. The Kier molecular flexibility index (Phi) is 9.10. The van der Waals surface area contributed by atoms with Crippen molar-refractivity contribution in [2.45, 2.75) is 46.2 Å². The Morgan fingerprint density at radius 3 is 2.61 bits per heavy atom. The number of methoxy groups -OCH3 is 2. The number of aromatic nitrogens is 3. The van der Waals surface area contributed by atoms with Crippen molar-refractivity contribution in [3.63, 3.8) is 0 Å². The van der Waals surface area contributed by atoms with Gasteiger partial charge in [0.2, 0.25) is 0 Å². The van der Waals surface area contributed by atoms with E-state index in [1.807, 2.05) is 18.2 Å². The van der Waals surface area contributed by atoms with Gasteiger partial charge in [-0.3, -0.25) is 0 Å². The zero-order valence-corrected chi connectivity index (χ0v) is 17.4. The van der Waals surface area contributed by atoms with Gasteiger partial charge in [0.25, 0.3) is 0 Å². The van der Waals surface area contributed by atoms with Crippen molar-refractivity contribution in [1.29, 1.82) is 0 Å². The molecule has 0 unspecified atom stereocenters. The van der Waals surface area contributed by atoms with Crippen molar-refractivity contribution in [3.05, 3.63) is 35.9 Å². The summed E-state index contributed by atoms with van der Waals surface area (Å²) in [4.78, 5) is 4.72. The zero-order chi connectivity index (χ0) is 20.2. The van der Waals surface area contributed by atoms with Crippen molar-refractivity contribution in [1.82, 2.24) is 25.4 Å². The van der Waals surface area contributed by atoms with E-state index in [4.69, 9.17) is 14.5 Å². The van der Waals surface area contributed by atoms with E-state index in [-0.39, 0.29) is 0 Å². The molecule has 8 heteroatoms. The van der Waals surface area contributed by atoms with Gasteiger partial charge in [0, 0.05) is 26.1 Å². The van der Waals surface area contributed by atoms with Crippen LogP contribution in [0.25, 0.3) is 0 Å². The molecule has 1 aromatic heterocycles. The van der Waals surface area contributed by atoms with Gasteiger partial charge in [-0.15, -0.1) is 10.2 Å². The minimum Gasteiger partial charge on any atom is -0.493 e. The molecule has 1 heterocycles. The van der Waals surface area contributed by atoms with Gasteiger partial charge < -0.3 is 24.7 Å². The molecule has 28 heavy (non-hydrogen) atoms. The maximum Gasteiger partial charge on any atom is 0.191 e. The summed E-state index contributed by atoms with van der Waals surface area (Å²) in [6.07, 6.45) is 4.87. The summed E-state index contributed by atoms with van der Waals surface area (Å²) in [5, 5.41) is 14.9. The number of ether oxygens (including phenoxy) is 2. The average molecular weight is 389 g/mol. The molecule has 2 aromatic rings. The molecule has 0 aliphatic heterocycles. The molecular formula is C20H32N6O2. The molecule has 0 fully saturated rings. The lowest BCUT2D eigenvalue weighted by Gasteiger charge is -2.14. The summed E-state index contributed by atoms with van der Waals surface area (Å²) < 4.78 is 12.7. The van der Waals surface area contributed by atoms with E-state index in [0.29, 0.717) is 12.3 Å². The molecule has 0 spiro atoms. The number of aryl methyl sites for hydroxylation is 1. The van der Waals surface area contributed by atoms with Gasteiger partial charge >= 0.3 is 0 Å². The molecule has 0 amide bonds. The van der Waals surface area contributed by atoms with Crippen LogP contribution in [0.4, 0.5) is 0 Å². The number of aliphatic imine (C=N–C) groups is 1. The number of benzene rings is 1. The Hall–Kier alpha value is -2.77. The lowest BCUT2D eigenvalue weighted by molar-refractivity contribution is 0.354. The van der Waals surface area contributed by atoms with E-state index >= 15 is 0 Å². The standard InChI is InChI=1S/C20H32N6O2/c1-5-7-10-21-20(22-11-12-26-15-24-25-19(26)6-2)23-14-16-8-9-17(27-3)18(13-16)28-4/h8-9,13,15H,5-7,10-12,14H2,1-4H3,(H2,21,22,23). The van der Waals surface area contributed by atoms with Gasteiger partial charge in [-0.2, -0.15) is 0 Å². The Labute approximate surface area is 167 Å². The second kappa shape index (κ2) is 11.8. The molecule has 0 aliphatic carbocycles. The maximum atomic E-state index is 5.37. The topological polar surface area (TPSA) is 85.6 Å². The number of unbranched alkanes of at least 4 members (excludes halogenated alkanes) is 1. The average Bonchev–Trinajstić information content (AvgIpc) is 3.19. The Morgan fingerprint density at radius 1 is 1.11 bits per heavy atom. The van der Waals surface area contributed by atoms with Gasteiger partial charge in [-0.05, 0) is 24.1 Å². The van der Waals surface area contributed by atoms with Crippen molar-refractivity contribution >= 4 is 5.96 Å². The minimum atomic E-state index is 0.550. The van der Waals surface area contributed by atoms with Crippen molar-refractivity contribution in [2.24, 2.45) is 4.99 Å². The van der Waals surface area contributed by atoms with E-state index in [1.165, 1.54) is 0 Å². The highest BCUT2D eigenvalue weighted by molar-refractivity contribution is 5.79. The third-order valence-electron chi connectivity index (χ3n) is 4.35. The number of nitrogens with one attached hydrogen (secondary N) is 2. The summed E-state index contributed by atoms with van der Waals surface area (Å²) in [5.74, 6) is 3.22. The van der Waals surface area contributed by atoms with Crippen molar-refractivity contribution in [2.75, 3.05) is 27.3 Å². The van der Waals surface area contributed by atoms with Crippen LogP contribution >= 0.6 is 0 Å². The first-order valence-corrected chi connectivity index (χ1v) is 9.81. The van der Waals surface area contributed by atoms with Crippen molar-refractivity contribution < 1.29 is 9.47 Å². The molecule has 0 saturated carbocycles. The Morgan fingerprint density at radius 2 is 1.89 bits per heavy atom. The van der Waals surface area contributed by atoms with Gasteiger partial charge in [-0.25, -0.2) is 4.99 Å². The van der Waals surface area contributed by atoms with Crippen molar-refractivity contribution in [3.8, 4) is 11.5 Å². The molecule has 0 radical (unpaired) electrons. The fraction of sp³-hybridized carbons (Fsp3) is 0.550. The van der Waals surface area contributed by atoms with E-state index in [9.17, 15) is 0 Å².